The molecule has 0 atom stereocenters. The molecule has 1 saturated carbocycles. The van der Waals surface area contributed by atoms with Crippen LogP contribution in [0.3, 0.4) is 0 Å². The molecule has 1 aromatic rings. The Bertz CT molecular complexity index is 398. The van der Waals surface area contributed by atoms with Crippen LogP contribution in [0, 0.1) is 5.82 Å². The predicted octanol–water partition coefficient (Wildman–Crippen LogP) is 4.63. The monoisotopic (exact) mass is 301 g/mol. The quantitative estimate of drug-likeness (QED) is 0.850. The van der Waals surface area contributed by atoms with Crippen LogP contribution in [0.5, 0.6) is 0 Å². The van der Waals surface area contributed by atoms with E-state index in [1.165, 1.54) is 38.2 Å². The molecule has 1 N–H and O–H groups in total. The van der Waals surface area contributed by atoms with Gasteiger partial charge in [0, 0.05) is 28.4 Å². The molecule has 2 rings (SSSR count). The molecule has 0 heterocycles. The maximum Gasteiger partial charge on any atom is 0.129 e. The first-order chi connectivity index (χ1) is 9.17. The van der Waals surface area contributed by atoms with Crippen LogP contribution in [0.25, 0.3) is 0 Å². The standard InChI is InChI=1S/C15H21ClFNS/c1-19-15(8-3-2-4-9-15)11-18-10-12-13(16)6-5-7-14(12)17/h5-7,18H,2-4,8-11H2,1H3. The lowest BCUT2D eigenvalue weighted by molar-refractivity contribution is 0.378. The Morgan fingerprint density at radius 1 is 1.32 bits per heavy atom. The number of hydrogen-bond donors (Lipinski definition) is 1. The van der Waals surface area contributed by atoms with Crippen molar-refractivity contribution in [1.29, 1.82) is 0 Å². The lowest BCUT2D eigenvalue weighted by Crippen LogP contribution is -2.39. The molecule has 0 spiro atoms. The van der Waals surface area contributed by atoms with E-state index < -0.39 is 0 Å². The molecular formula is C15H21ClFNS. The highest BCUT2D eigenvalue weighted by atomic mass is 35.5. The molecule has 0 unspecified atom stereocenters. The van der Waals surface area contributed by atoms with Gasteiger partial charge < -0.3 is 5.32 Å². The summed E-state index contributed by atoms with van der Waals surface area (Å²) >= 11 is 7.98. The largest absolute Gasteiger partial charge is 0.311 e. The molecule has 0 amide bonds. The Hall–Kier alpha value is -0.250. The second kappa shape index (κ2) is 6.96. The van der Waals surface area contributed by atoms with Gasteiger partial charge in [-0.05, 0) is 31.2 Å². The molecule has 0 aromatic heterocycles. The summed E-state index contributed by atoms with van der Waals surface area (Å²) in [6.45, 7) is 1.44. The van der Waals surface area contributed by atoms with Crippen molar-refractivity contribution < 1.29 is 4.39 Å². The smallest absolute Gasteiger partial charge is 0.129 e. The van der Waals surface area contributed by atoms with E-state index in [0.29, 0.717) is 21.9 Å². The molecule has 1 nitrogen and oxygen atoms in total. The normalized spacial score (nSPS) is 18.5. The number of benzene rings is 1. The summed E-state index contributed by atoms with van der Waals surface area (Å²) < 4.78 is 14.0. The maximum absolute atomic E-state index is 13.7. The zero-order valence-electron chi connectivity index (χ0n) is 11.3. The fourth-order valence-electron chi connectivity index (χ4n) is 2.77. The minimum Gasteiger partial charge on any atom is -0.311 e. The van der Waals surface area contributed by atoms with Gasteiger partial charge in [-0.2, -0.15) is 11.8 Å². The zero-order valence-corrected chi connectivity index (χ0v) is 12.9. The number of thioether (sulfide) groups is 1. The maximum atomic E-state index is 13.7. The minimum atomic E-state index is -0.221. The van der Waals surface area contributed by atoms with Gasteiger partial charge in [-0.1, -0.05) is 36.9 Å². The third-order valence-electron chi connectivity index (χ3n) is 4.01. The molecule has 0 saturated heterocycles. The van der Waals surface area contributed by atoms with Crippen molar-refractivity contribution in [2.24, 2.45) is 0 Å². The van der Waals surface area contributed by atoms with Crippen LogP contribution in [-0.4, -0.2) is 17.5 Å². The third kappa shape index (κ3) is 3.87. The molecule has 0 radical (unpaired) electrons. The number of halogens is 2. The highest BCUT2D eigenvalue weighted by Gasteiger charge is 2.30. The van der Waals surface area contributed by atoms with E-state index in [2.05, 4.69) is 11.6 Å². The van der Waals surface area contributed by atoms with E-state index in [9.17, 15) is 4.39 Å². The first kappa shape index (κ1) is 15.1. The van der Waals surface area contributed by atoms with Crippen molar-refractivity contribution in [3.05, 3.63) is 34.6 Å². The summed E-state index contributed by atoms with van der Waals surface area (Å²) in [6.07, 6.45) is 8.66. The third-order valence-corrected chi connectivity index (χ3v) is 5.78. The van der Waals surface area contributed by atoms with Gasteiger partial charge in [0.15, 0.2) is 0 Å². The molecule has 19 heavy (non-hydrogen) atoms. The molecule has 1 fully saturated rings. The van der Waals surface area contributed by atoms with Gasteiger partial charge in [0.2, 0.25) is 0 Å². The molecule has 1 aliphatic carbocycles. The predicted molar refractivity (Wildman–Crippen MR) is 82.4 cm³/mol. The second-order valence-electron chi connectivity index (χ2n) is 5.25. The summed E-state index contributed by atoms with van der Waals surface area (Å²) in [5.41, 5.74) is 0.580. The lowest BCUT2D eigenvalue weighted by atomic mass is 9.88. The van der Waals surface area contributed by atoms with Crippen molar-refractivity contribution in [1.82, 2.24) is 5.32 Å². The molecule has 4 heteroatoms. The van der Waals surface area contributed by atoms with Crippen LogP contribution in [0.2, 0.25) is 5.02 Å². The van der Waals surface area contributed by atoms with Gasteiger partial charge >= 0.3 is 0 Å². The average Bonchev–Trinajstić information content (AvgIpc) is 2.43. The van der Waals surface area contributed by atoms with Crippen molar-refractivity contribution in [2.45, 2.75) is 43.4 Å². The van der Waals surface area contributed by atoms with E-state index in [1.54, 1.807) is 12.1 Å². The first-order valence-corrected chi connectivity index (χ1v) is 8.46. The summed E-state index contributed by atoms with van der Waals surface area (Å²) in [7, 11) is 0. The summed E-state index contributed by atoms with van der Waals surface area (Å²) in [5, 5.41) is 3.91. The zero-order chi connectivity index (χ0) is 13.7. The minimum absolute atomic E-state index is 0.221. The molecule has 0 bridgehead atoms. The van der Waals surface area contributed by atoms with Crippen molar-refractivity contribution in [3.8, 4) is 0 Å². The van der Waals surface area contributed by atoms with Crippen LogP contribution in [-0.2, 0) is 6.54 Å². The summed E-state index contributed by atoms with van der Waals surface area (Å²) in [6, 6.07) is 4.85. The highest BCUT2D eigenvalue weighted by Crippen LogP contribution is 2.38. The molecule has 1 aliphatic rings. The van der Waals surface area contributed by atoms with E-state index in [-0.39, 0.29) is 5.82 Å². The molecule has 0 aliphatic heterocycles. The Morgan fingerprint density at radius 3 is 2.68 bits per heavy atom. The first-order valence-electron chi connectivity index (χ1n) is 6.86. The van der Waals surface area contributed by atoms with E-state index in [0.717, 1.165) is 6.54 Å². The molecule has 1 aromatic carbocycles. The van der Waals surface area contributed by atoms with Crippen LogP contribution >= 0.6 is 23.4 Å². The van der Waals surface area contributed by atoms with Gasteiger partial charge in [0.25, 0.3) is 0 Å². The Morgan fingerprint density at radius 2 is 2.05 bits per heavy atom. The topological polar surface area (TPSA) is 12.0 Å². The second-order valence-corrected chi connectivity index (χ2v) is 6.93. The Kier molecular flexibility index (Phi) is 5.55. The van der Waals surface area contributed by atoms with E-state index >= 15 is 0 Å². The van der Waals surface area contributed by atoms with Gasteiger partial charge in [0.05, 0.1) is 0 Å². The summed E-state index contributed by atoms with van der Waals surface area (Å²) in [4.78, 5) is 0. The van der Waals surface area contributed by atoms with Crippen LogP contribution < -0.4 is 5.32 Å². The fraction of sp³-hybridized carbons (Fsp3) is 0.600. The lowest BCUT2D eigenvalue weighted by Gasteiger charge is -2.36. The van der Waals surface area contributed by atoms with Gasteiger partial charge in [-0.3, -0.25) is 0 Å². The van der Waals surface area contributed by atoms with Crippen LogP contribution in [0.1, 0.15) is 37.7 Å². The average molecular weight is 302 g/mol. The number of nitrogens with one attached hydrogen (secondary N) is 1. The van der Waals surface area contributed by atoms with E-state index in [4.69, 9.17) is 11.6 Å². The number of hydrogen-bond acceptors (Lipinski definition) is 2. The van der Waals surface area contributed by atoms with Crippen molar-refractivity contribution >= 4 is 23.4 Å². The van der Waals surface area contributed by atoms with Crippen LogP contribution in [0.15, 0.2) is 18.2 Å². The Labute approximate surface area is 124 Å². The summed E-state index contributed by atoms with van der Waals surface area (Å²) in [5.74, 6) is -0.221. The van der Waals surface area contributed by atoms with Gasteiger partial charge in [-0.25, -0.2) is 4.39 Å². The fourth-order valence-corrected chi connectivity index (χ4v) is 3.94. The van der Waals surface area contributed by atoms with Crippen LogP contribution in [0.4, 0.5) is 4.39 Å². The molecular weight excluding hydrogens is 281 g/mol. The van der Waals surface area contributed by atoms with E-state index in [1.807, 2.05) is 11.8 Å². The Balaban J connectivity index is 1.92. The molecule has 106 valence electrons. The number of rotatable bonds is 5. The SMILES string of the molecule is CSC1(CNCc2c(F)cccc2Cl)CCCCC1. The highest BCUT2D eigenvalue weighted by molar-refractivity contribution is 8.00. The van der Waals surface area contributed by atoms with Crippen molar-refractivity contribution in [2.75, 3.05) is 12.8 Å². The van der Waals surface area contributed by atoms with Gasteiger partial charge in [0.1, 0.15) is 5.82 Å². The van der Waals surface area contributed by atoms with Crippen molar-refractivity contribution in [3.63, 3.8) is 0 Å². The van der Waals surface area contributed by atoms with Gasteiger partial charge in [-0.15, -0.1) is 0 Å².